The van der Waals surface area contributed by atoms with Crippen LogP contribution in [0.25, 0.3) is 0 Å². The lowest BCUT2D eigenvalue weighted by Gasteiger charge is -2.12. The van der Waals surface area contributed by atoms with Gasteiger partial charge in [0.05, 0.1) is 19.2 Å². The van der Waals surface area contributed by atoms with E-state index in [1.54, 1.807) is 7.11 Å². The van der Waals surface area contributed by atoms with Crippen molar-refractivity contribution >= 4 is 5.91 Å². The Kier molecular flexibility index (Phi) is 5.65. The highest BCUT2D eigenvalue weighted by atomic mass is 16.5. The van der Waals surface area contributed by atoms with Crippen LogP contribution in [-0.4, -0.2) is 24.5 Å². The minimum atomic E-state index is -0.159. The van der Waals surface area contributed by atoms with Gasteiger partial charge in [-0.2, -0.15) is 0 Å². The van der Waals surface area contributed by atoms with Crippen LogP contribution in [0.15, 0.2) is 28.7 Å². The predicted molar refractivity (Wildman–Crippen MR) is 93.4 cm³/mol. The van der Waals surface area contributed by atoms with Gasteiger partial charge in [0.1, 0.15) is 11.5 Å². The van der Waals surface area contributed by atoms with Crippen LogP contribution in [-0.2, 0) is 23.1 Å². The predicted octanol–water partition coefficient (Wildman–Crippen LogP) is 3.19. The average molecular weight is 330 g/mol. The van der Waals surface area contributed by atoms with Crippen LogP contribution in [0, 0.1) is 6.92 Å². The number of oxazole rings is 1. The highest BCUT2D eigenvalue weighted by Crippen LogP contribution is 2.24. The van der Waals surface area contributed by atoms with E-state index < -0.39 is 0 Å². The number of aryl methyl sites for hydroxylation is 1. The fourth-order valence-corrected chi connectivity index (χ4v) is 2.26. The number of rotatable bonds is 6. The highest BCUT2D eigenvalue weighted by molar-refractivity contribution is 5.78. The summed E-state index contributed by atoms with van der Waals surface area (Å²) in [6.45, 7) is 8.58. The molecule has 5 nitrogen and oxygen atoms in total. The summed E-state index contributed by atoms with van der Waals surface area (Å²) in [7, 11) is 1.64. The zero-order valence-corrected chi connectivity index (χ0v) is 15.1. The molecule has 1 aromatic carbocycles. The quantitative estimate of drug-likeness (QED) is 0.883. The molecular weight excluding hydrogens is 304 g/mol. The molecule has 5 heteroatoms. The van der Waals surface area contributed by atoms with Gasteiger partial charge in [-0.15, -0.1) is 0 Å². The standard InChI is InChI=1S/C19H26N2O3/c1-13-16(24-18(21-13)19(2,3)4)12-17(22)20-11-10-14-6-8-15(23-5)9-7-14/h6-9H,10-12H2,1-5H3,(H,20,22). The Labute approximate surface area is 143 Å². The number of ether oxygens (including phenoxy) is 1. The van der Waals surface area contributed by atoms with Gasteiger partial charge in [0.25, 0.3) is 0 Å². The number of carbonyl (C=O) groups excluding carboxylic acids is 1. The smallest absolute Gasteiger partial charge is 0.227 e. The van der Waals surface area contributed by atoms with Gasteiger partial charge in [0.2, 0.25) is 5.91 Å². The van der Waals surface area contributed by atoms with Crippen LogP contribution < -0.4 is 10.1 Å². The van der Waals surface area contributed by atoms with Gasteiger partial charge in [-0.05, 0) is 31.0 Å². The summed E-state index contributed by atoms with van der Waals surface area (Å²) in [6, 6.07) is 7.84. The van der Waals surface area contributed by atoms with Crippen LogP contribution in [0.2, 0.25) is 0 Å². The zero-order chi connectivity index (χ0) is 17.7. The topological polar surface area (TPSA) is 64.4 Å². The van der Waals surface area contributed by atoms with Crippen molar-refractivity contribution in [2.45, 2.75) is 46.0 Å². The number of aromatic nitrogens is 1. The van der Waals surface area contributed by atoms with Crippen LogP contribution in [0.3, 0.4) is 0 Å². The molecule has 0 saturated carbocycles. The summed E-state index contributed by atoms with van der Waals surface area (Å²) in [5.41, 5.74) is 1.78. The summed E-state index contributed by atoms with van der Waals surface area (Å²) >= 11 is 0. The summed E-state index contributed by atoms with van der Waals surface area (Å²) in [5, 5.41) is 2.93. The van der Waals surface area contributed by atoms with Crippen molar-refractivity contribution in [2.24, 2.45) is 0 Å². The number of hydrogen-bond donors (Lipinski definition) is 1. The van der Waals surface area contributed by atoms with E-state index in [2.05, 4.69) is 10.3 Å². The molecule has 0 aliphatic rings. The summed E-state index contributed by atoms with van der Waals surface area (Å²) in [6.07, 6.45) is 0.996. The second-order valence-corrected chi connectivity index (χ2v) is 6.90. The molecule has 0 radical (unpaired) electrons. The van der Waals surface area contributed by atoms with Gasteiger partial charge < -0.3 is 14.5 Å². The maximum Gasteiger partial charge on any atom is 0.227 e. The molecule has 0 atom stereocenters. The third-order valence-electron chi connectivity index (χ3n) is 3.75. The molecule has 1 aromatic heterocycles. The van der Waals surface area contributed by atoms with Crippen molar-refractivity contribution in [2.75, 3.05) is 13.7 Å². The number of carbonyl (C=O) groups is 1. The molecule has 0 fully saturated rings. The molecule has 0 saturated heterocycles. The number of nitrogens with one attached hydrogen (secondary N) is 1. The van der Waals surface area contributed by atoms with E-state index >= 15 is 0 Å². The first-order chi connectivity index (χ1) is 11.3. The summed E-state index contributed by atoms with van der Waals surface area (Å²) in [4.78, 5) is 16.5. The SMILES string of the molecule is COc1ccc(CCNC(=O)Cc2oc(C(C)(C)C)nc2C)cc1. The lowest BCUT2D eigenvalue weighted by atomic mass is 9.97. The maximum atomic E-state index is 12.1. The third kappa shape index (κ3) is 4.85. The maximum absolute atomic E-state index is 12.1. The lowest BCUT2D eigenvalue weighted by molar-refractivity contribution is -0.120. The van der Waals surface area contributed by atoms with Crippen molar-refractivity contribution in [1.82, 2.24) is 10.3 Å². The molecule has 0 aliphatic carbocycles. The summed E-state index contributed by atoms with van der Waals surface area (Å²) in [5.74, 6) is 2.09. The Bertz CT molecular complexity index is 682. The van der Waals surface area contributed by atoms with Crippen LogP contribution in [0.4, 0.5) is 0 Å². The first kappa shape index (κ1) is 18.0. The number of amides is 1. The average Bonchev–Trinajstić information content (AvgIpc) is 2.89. The fourth-order valence-electron chi connectivity index (χ4n) is 2.26. The molecule has 1 amide bonds. The lowest BCUT2D eigenvalue weighted by Crippen LogP contribution is -2.27. The van der Waals surface area contributed by atoms with Crippen molar-refractivity contribution in [3.63, 3.8) is 0 Å². The third-order valence-corrected chi connectivity index (χ3v) is 3.75. The van der Waals surface area contributed by atoms with E-state index in [1.807, 2.05) is 52.0 Å². The number of methoxy groups -OCH3 is 1. The van der Waals surface area contributed by atoms with Gasteiger partial charge >= 0.3 is 0 Å². The molecular formula is C19H26N2O3. The Hall–Kier alpha value is -2.30. The molecule has 1 N–H and O–H groups in total. The largest absolute Gasteiger partial charge is 0.497 e. The zero-order valence-electron chi connectivity index (χ0n) is 15.1. The molecule has 24 heavy (non-hydrogen) atoms. The second-order valence-electron chi connectivity index (χ2n) is 6.90. The van der Waals surface area contributed by atoms with E-state index in [4.69, 9.17) is 9.15 Å². The molecule has 0 spiro atoms. The van der Waals surface area contributed by atoms with Gasteiger partial charge in [0, 0.05) is 12.0 Å². The monoisotopic (exact) mass is 330 g/mol. The van der Waals surface area contributed by atoms with Crippen molar-refractivity contribution in [3.8, 4) is 5.75 Å². The Morgan fingerprint density at radius 3 is 2.46 bits per heavy atom. The van der Waals surface area contributed by atoms with Crippen molar-refractivity contribution in [1.29, 1.82) is 0 Å². The normalized spacial score (nSPS) is 11.4. The van der Waals surface area contributed by atoms with E-state index in [1.165, 1.54) is 0 Å². The second kappa shape index (κ2) is 7.51. The molecule has 2 aromatic rings. The first-order valence-corrected chi connectivity index (χ1v) is 8.16. The Balaban J connectivity index is 1.84. The molecule has 130 valence electrons. The Morgan fingerprint density at radius 1 is 1.25 bits per heavy atom. The van der Waals surface area contributed by atoms with Gasteiger partial charge in [0.15, 0.2) is 5.89 Å². The number of nitrogens with zero attached hydrogens (tertiary/aromatic N) is 1. The minimum Gasteiger partial charge on any atom is -0.497 e. The first-order valence-electron chi connectivity index (χ1n) is 8.16. The molecule has 0 bridgehead atoms. The fraction of sp³-hybridized carbons (Fsp3) is 0.474. The van der Waals surface area contributed by atoms with Gasteiger partial charge in [-0.25, -0.2) is 4.98 Å². The minimum absolute atomic E-state index is 0.0526. The van der Waals surface area contributed by atoms with E-state index in [0.717, 1.165) is 23.4 Å². The molecule has 0 aliphatic heterocycles. The molecule has 1 heterocycles. The number of benzene rings is 1. The van der Waals surface area contributed by atoms with Crippen LogP contribution in [0.5, 0.6) is 5.75 Å². The van der Waals surface area contributed by atoms with Crippen molar-refractivity contribution in [3.05, 3.63) is 47.2 Å². The van der Waals surface area contributed by atoms with Crippen LogP contribution >= 0.6 is 0 Å². The number of hydrogen-bond acceptors (Lipinski definition) is 4. The summed E-state index contributed by atoms with van der Waals surface area (Å²) < 4.78 is 10.9. The van der Waals surface area contributed by atoms with Crippen molar-refractivity contribution < 1.29 is 13.9 Å². The van der Waals surface area contributed by atoms with E-state index in [0.29, 0.717) is 18.2 Å². The van der Waals surface area contributed by atoms with Crippen LogP contribution in [0.1, 0.15) is 43.7 Å². The molecule has 2 rings (SSSR count). The van der Waals surface area contributed by atoms with E-state index in [-0.39, 0.29) is 17.7 Å². The Morgan fingerprint density at radius 2 is 1.92 bits per heavy atom. The highest BCUT2D eigenvalue weighted by Gasteiger charge is 2.23. The van der Waals surface area contributed by atoms with Gasteiger partial charge in [-0.1, -0.05) is 32.9 Å². The molecule has 0 unspecified atom stereocenters. The van der Waals surface area contributed by atoms with Gasteiger partial charge in [-0.3, -0.25) is 4.79 Å². The van der Waals surface area contributed by atoms with E-state index in [9.17, 15) is 4.79 Å².